The summed E-state index contributed by atoms with van der Waals surface area (Å²) in [6.07, 6.45) is 2.24. The van der Waals surface area contributed by atoms with Crippen LogP contribution in [0.25, 0.3) is 0 Å². The molecule has 21 heavy (non-hydrogen) atoms. The number of alkyl carbamates (subject to hydrolysis) is 1. The quantitative estimate of drug-likeness (QED) is 0.620. The lowest BCUT2D eigenvalue weighted by molar-refractivity contribution is -0.160. The van der Waals surface area contributed by atoms with Crippen LogP contribution in [0.15, 0.2) is 0 Å². The Morgan fingerprint density at radius 3 is 2.29 bits per heavy atom. The van der Waals surface area contributed by atoms with E-state index in [1.807, 2.05) is 0 Å². The minimum Gasteiger partial charge on any atom is -0.462 e. The van der Waals surface area contributed by atoms with Crippen molar-refractivity contribution < 1.29 is 23.9 Å². The Morgan fingerprint density at radius 1 is 1.24 bits per heavy atom. The minimum absolute atomic E-state index is 0.0528. The van der Waals surface area contributed by atoms with Gasteiger partial charge in [0.25, 0.3) is 0 Å². The summed E-state index contributed by atoms with van der Waals surface area (Å²) in [5.41, 5.74) is -0.570. The molecule has 0 atom stereocenters. The van der Waals surface area contributed by atoms with Crippen LogP contribution in [-0.4, -0.2) is 54.7 Å². The first-order chi connectivity index (χ1) is 9.74. The van der Waals surface area contributed by atoms with Crippen molar-refractivity contribution in [1.29, 1.82) is 0 Å². The fourth-order valence-electron chi connectivity index (χ4n) is 1.95. The van der Waals surface area contributed by atoms with Crippen molar-refractivity contribution in [1.82, 2.24) is 10.2 Å². The van der Waals surface area contributed by atoms with Crippen LogP contribution in [0.4, 0.5) is 4.79 Å². The molecule has 0 aliphatic heterocycles. The van der Waals surface area contributed by atoms with Gasteiger partial charge in [0.2, 0.25) is 0 Å². The second-order valence-corrected chi connectivity index (χ2v) is 6.00. The monoisotopic (exact) mass is 300 g/mol. The number of ether oxygens (including phenoxy) is 2. The topological polar surface area (TPSA) is 84.9 Å². The molecule has 0 spiro atoms. The number of methoxy groups -OCH3 is 1. The van der Waals surface area contributed by atoms with E-state index in [2.05, 4.69) is 10.1 Å². The number of rotatable bonds is 4. The van der Waals surface area contributed by atoms with Crippen molar-refractivity contribution in [2.45, 2.75) is 51.7 Å². The summed E-state index contributed by atoms with van der Waals surface area (Å²) in [5.74, 6) is -1.53. The van der Waals surface area contributed by atoms with Crippen molar-refractivity contribution in [2.24, 2.45) is 0 Å². The molecule has 0 radical (unpaired) electrons. The van der Waals surface area contributed by atoms with Crippen molar-refractivity contribution in [3.05, 3.63) is 0 Å². The summed E-state index contributed by atoms with van der Waals surface area (Å²) in [4.78, 5) is 36.3. The molecule has 1 aliphatic carbocycles. The number of esters is 1. The Morgan fingerprint density at radius 2 is 1.86 bits per heavy atom. The Labute approximate surface area is 124 Å². The zero-order valence-corrected chi connectivity index (χ0v) is 13.1. The first-order valence-corrected chi connectivity index (χ1v) is 7.10. The van der Waals surface area contributed by atoms with Gasteiger partial charge in [0.05, 0.1) is 7.11 Å². The molecule has 0 unspecified atom stereocenters. The largest absolute Gasteiger partial charge is 0.462 e. The molecule has 7 nitrogen and oxygen atoms in total. The van der Waals surface area contributed by atoms with Gasteiger partial charge in [0.1, 0.15) is 5.60 Å². The van der Waals surface area contributed by atoms with E-state index in [1.165, 1.54) is 12.0 Å². The van der Waals surface area contributed by atoms with Gasteiger partial charge < -0.3 is 19.7 Å². The molecule has 0 heterocycles. The summed E-state index contributed by atoms with van der Waals surface area (Å²) < 4.78 is 9.57. The van der Waals surface area contributed by atoms with Crippen LogP contribution in [0.3, 0.4) is 0 Å². The summed E-state index contributed by atoms with van der Waals surface area (Å²) in [6, 6.07) is 0.0528. The predicted molar refractivity (Wildman–Crippen MR) is 75.6 cm³/mol. The number of nitrogens with one attached hydrogen (secondary N) is 1. The lowest BCUT2D eigenvalue weighted by atomic mass is 9.91. The molecular weight excluding hydrogens is 276 g/mol. The summed E-state index contributed by atoms with van der Waals surface area (Å²) in [7, 11) is 1.18. The molecule has 0 saturated heterocycles. The number of hydrogen-bond donors (Lipinski definition) is 1. The third kappa shape index (κ3) is 5.61. The van der Waals surface area contributed by atoms with E-state index in [1.54, 1.807) is 20.8 Å². The van der Waals surface area contributed by atoms with Gasteiger partial charge in [-0.05, 0) is 40.0 Å². The number of hydrogen-bond acceptors (Lipinski definition) is 5. The summed E-state index contributed by atoms with van der Waals surface area (Å²) in [5, 5.41) is 2.58. The van der Waals surface area contributed by atoms with Crippen LogP contribution in [0, 0.1) is 0 Å². The standard InChI is InChI=1S/C14H24N2O5/c1-14(2,3)21-13(19)15-8-9-16(10-6-5-7-10)11(17)12(18)20-4/h10H,5-9H2,1-4H3,(H,15,19). The Balaban J connectivity index is 2.45. The first-order valence-electron chi connectivity index (χ1n) is 7.10. The Bertz CT molecular complexity index is 399. The molecule has 1 N–H and O–H groups in total. The maximum Gasteiger partial charge on any atom is 0.407 e. The van der Waals surface area contributed by atoms with E-state index in [0.29, 0.717) is 0 Å². The number of carbonyl (C=O) groups is 3. The van der Waals surface area contributed by atoms with Crippen LogP contribution in [0.1, 0.15) is 40.0 Å². The second-order valence-electron chi connectivity index (χ2n) is 6.00. The molecule has 1 saturated carbocycles. The van der Waals surface area contributed by atoms with E-state index < -0.39 is 23.6 Å². The van der Waals surface area contributed by atoms with Crippen molar-refractivity contribution in [2.75, 3.05) is 20.2 Å². The molecule has 1 aliphatic rings. The van der Waals surface area contributed by atoms with Gasteiger partial charge in [-0.1, -0.05) is 0 Å². The van der Waals surface area contributed by atoms with E-state index in [-0.39, 0.29) is 19.1 Å². The number of nitrogens with zero attached hydrogens (tertiary/aromatic N) is 1. The highest BCUT2D eigenvalue weighted by molar-refractivity contribution is 6.32. The summed E-state index contributed by atoms with van der Waals surface area (Å²) in [6.45, 7) is 5.81. The van der Waals surface area contributed by atoms with E-state index in [0.717, 1.165) is 19.3 Å². The molecular formula is C14H24N2O5. The van der Waals surface area contributed by atoms with Gasteiger partial charge in [0.15, 0.2) is 0 Å². The van der Waals surface area contributed by atoms with Crippen molar-refractivity contribution >= 4 is 18.0 Å². The normalized spacial score (nSPS) is 14.9. The zero-order valence-electron chi connectivity index (χ0n) is 13.1. The van der Waals surface area contributed by atoms with Crippen LogP contribution in [0.2, 0.25) is 0 Å². The molecule has 0 aromatic heterocycles. The maximum atomic E-state index is 11.9. The third-order valence-corrected chi connectivity index (χ3v) is 3.16. The molecule has 1 fully saturated rings. The molecule has 1 rings (SSSR count). The van der Waals surface area contributed by atoms with Crippen LogP contribution >= 0.6 is 0 Å². The van der Waals surface area contributed by atoms with Gasteiger partial charge in [-0.25, -0.2) is 9.59 Å². The Kier molecular flexibility index (Phi) is 5.99. The summed E-state index contributed by atoms with van der Waals surface area (Å²) >= 11 is 0. The van der Waals surface area contributed by atoms with Crippen molar-refractivity contribution in [3.63, 3.8) is 0 Å². The van der Waals surface area contributed by atoms with Gasteiger partial charge in [0, 0.05) is 19.1 Å². The second kappa shape index (κ2) is 7.28. The van der Waals surface area contributed by atoms with Gasteiger partial charge in [-0.15, -0.1) is 0 Å². The molecule has 7 heteroatoms. The lowest BCUT2D eigenvalue weighted by Gasteiger charge is -2.36. The third-order valence-electron chi connectivity index (χ3n) is 3.16. The molecule has 2 amide bonds. The average Bonchev–Trinajstić information content (AvgIpc) is 2.31. The van der Waals surface area contributed by atoms with Gasteiger partial charge >= 0.3 is 18.0 Å². The van der Waals surface area contributed by atoms with Gasteiger partial charge in [-0.3, -0.25) is 4.79 Å². The molecule has 0 aromatic rings. The number of amides is 2. The van der Waals surface area contributed by atoms with Gasteiger partial charge in [-0.2, -0.15) is 0 Å². The SMILES string of the molecule is COC(=O)C(=O)N(CCNC(=O)OC(C)(C)C)C1CCC1. The Hall–Kier alpha value is -1.79. The van der Waals surface area contributed by atoms with Crippen LogP contribution in [0.5, 0.6) is 0 Å². The highest BCUT2D eigenvalue weighted by Gasteiger charge is 2.32. The van der Waals surface area contributed by atoms with E-state index in [9.17, 15) is 14.4 Å². The van der Waals surface area contributed by atoms with Crippen LogP contribution in [-0.2, 0) is 19.1 Å². The lowest BCUT2D eigenvalue weighted by Crippen LogP contribution is -2.50. The van der Waals surface area contributed by atoms with Crippen LogP contribution < -0.4 is 5.32 Å². The minimum atomic E-state index is -0.876. The van der Waals surface area contributed by atoms with E-state index in [4.69, 9.17) is 4.74 Å². The zero-order chi connectivity index (χ0) is 16.0. The molecule has 0 aromatic carbocycles. The smallest absolute Gasteiger partial charge is 0.407 e. The fourth-order valence-corrected chi connectivity index (χ4v) is 1.95. The average molecular weight is 300 g/mol. The fraction of sp³-hybridized carbons (Fsp3) is 0.786. The van der Waals surface area contributed by atoms with E-state index >= 15 is 0 Å². The highest BCUT2D eigenvalue weighted by Crippen LogP contribution is 2.24. The maximum absolute atomic E-state index is 11.9. The number of carbonyl (C=O) groups excluding carboxylic acids is 3. The molecule has 120 valence electrons. The molecule has 0 bridgehead atoms. The van der Waals surface area contributed by atoms with Crippen molar-refractivity contribution in [3.8, 4) is 0 Å². The highest BCUT2D eigenvalue weighted by atomic mass is 16.6. The first kappa shape index (κ1) is 17.3. The predicted octanol–water partition coefficient (Wildman–Crippen LogP) is 1.07.